The number of hydrogen-bond donors (Lipinski definition) is 1. The van der Waals surface area contributed by atoms with Gasteiger partial charge in [-0.25, -0.2) is 9.18 Å². The predicted octanol–water partition coefficient (Wildman–Crippen LogP) is 4.58. The lowest BCUT2D eigenvalue weighted by Gasteiger charge is -2.26. The summed E-state index contributed by atoms with van der Waals surface area (Å²) < 4.78 is 14.7. The standard InChI is InChI=1S/C21H21ClFN3O3/c1-5-26(20(28)29)12-10-14-17(13-8-6-7-9-16(13)23)24-21(2,3)19(27)25(4)18(14)15(22)11-12/h6-11H,5H2,1-4H3,(H,28,29). The van der Waals surface area contributed by atoms with E-state index in [0.717, 1.165) is 4.90 Å². The number of amides is 2. The number of fused-ring (bicyclic) bond motifs is 1. The Morgan fingerprint density at radius 2 is 1.93 bits per heavy atom. The first-order chi connectivity index (χ1) is 13.6. The van der Waals surface area contributed by atoms with Gasteiger partial charge in [0.15, 0.2) is 0 Å². The van der Waals surface area contributed by atoms with E-state index in [1.54, 1.807) is 52.1 Å². The maximum atomic E-state index is 14.7. The highest BCUT2D eigenvalue weighted by Gasteiger charge is 2.38. The molecule has 2 amide bonds. The number of rotatable bonds is 3. The lowest BCUT2D eigenvalue weighted by molar-refractivity contribution is -0.122. The van der Waals surface area contributed by atoms with Crippen LogP contribution in [0.25, 0.3) is 0 Å². The number of benzene rings is 2. The van der Waals surface area contributed by atoms with Gasteiger partial charge in [-0.05, 0) is 45.0 Å². The minimum atomic E-state index is -1.17. The summed E-state index contributed by atoms with van der Waals surface area (Å²) in [5.74, 6) is -0.817. The molecule has 2 aromatic rings. The molecule has 0 saturated carbocycles. The van der Waals surface area contributed by atoms with Crippen molar-refractivity contribution < 1.29 is 19.1 Å². The molecule has 0 aromatic heterocycles. The summed E-state index contributed by atoms with van der Waals surface area (Å²) >= 11 is 6.51. The number of carbonyl (C=O) groups is 2. The van der Waals surface area contributed by atoms with Crippen molar-refractivity contribution in [3.8, 4) is 0 Å². The van der Waals surface area contributed by atoms with Crippen LogP contribution in [-0.2, 0) is 4.79 Å². The lowest BCUT2D eigenvalue weighted by Crippen LogP contribution is -2.41. The molecule has 29 heavy (non-hydrogen) atoms. The van der Waals surface area contributed by atoms with Gasteiger partial charge in [0, 0.05) is 30.4 Å². The van der Waals surface area contributed by atoms with E-state index in [2.05, 4.69) is 4.99 Å². The number of carbonyl (C=O) groups excluding carboxylic acids is 1. The van der Waals surface area contributed by atoms with Crippen molar-refractivity contribution in [2.45, 2.75) is 26.3 Å². The zero-order valence-corrected chi connectivity index (χ0v) is 17.3. The molecule has 1 heterocycles. The Morgan fingerprint density at radius 3 is 2.52 bits per heavy atom. The van der Waals surface area contributed by atoms with Crippen molar-refractivity contribution in [3.63, 3.8) is 0 Å². The number of carboxylic acid groups (broad SMARTS) is 1. The number of hydrogen-bond acceptors (Lipinski definition) is 3. The summed E-state index contributed by atoms with van der Waals surface area (Å²) in [7, 11) is 1.57. The molecule has 6 nitrogen and oxygen atoms in total. The fraction of sp³-hybridized carbons (Fsp3) is 0.286. The van der Waals surface area contributed by atoms with Crippen molar-refractivity contribution in [2.75, 3.05) is 23.4 Å². The van der Waals surface area contributed by atoms with Gasteiger partial charge >= 0.3 is 6.09 Å². The summed E-state index contributed by atoms with van der Waals surface area (Å²) in [6.45, 7) is 5.17. The maximum Gasteiger partial charge on any atom is 0.411 e. The smallest absolute Gasteiger partial charge is 0.411 e. The third kappa shape index (κ3) is 3.58. The summed E-state index contributed by atoms with van der Waals surface area (Å²) in [5, 5.41) is 9.69. The molecule has 152 valence electrons. The molecule has 8 heteroatoms. The van der Waals surface area contributed by atoms with E-state index in [0.29, 0.717) is 16.9 Å². The van der Waals surface area contributed by atoms with Gasteiger partial charge in [0.25, 0.3) is 5.91 Å². The van der Waals surface area contributed by atoms with E-state index < -0.39 is 17.4 Å². The quantitative estimate of drug-likeness (QED) is 0.794. The fourth-order valence-electron chi connectivity index (χ4n) is 3.45. The van der Waals surface area contributed by atoms with Gasteiger partial charge in [0.1, 0.15) is 11.4 Å². The third-order valence-electron chi connectivity index (χ3n) is 4.85. The van der Waals surface area contributed by atoms with Gasteiger partial charge in [0.05, 0.1) is 16.4 Å². The fourth-order valence-corrected chi connectivity index (χ4v) is 3.79. The van der Waals surface area contributed by atoms with Crippen LogP contribution in [0.4, 0.5) is 20.6 Å². The van der Waals surface area contributed by atoms with Crippen LogP contribution >= 0.6 is 11.6 Å². The SMILES string of the molecule is CCN(C(=O)O)c1cc(Cl)c2c(c1)C(c1ccccc1F)=NC(C)(C)C(=O)N2C. The Hall–Kier alpha value is -2.93. The van der Waals surface area contributed by atoms with Crippen LogP contribution in [0.2, 0.25) is 5.02 Å². The van der Waals surface area contributed by atoms with Crippen molar-refractivity contribution in [3.05, 3.63) is 58.4 Å². The topological polar surface area (TPSA) is 73.2 Å². The van der Waals surface area contributed by atoms with Crippen LogP contribution in [0.15, 0.2) is 41.4 Å². The normalized spacial score (nSPS) is 15.4. The Labute approximate surface area is 173 Å². The summed E-state index contributed by atoms with van der Waals surface area (Å²) in [4.78, 5) is 31.7. The molecule has 1 aliphatic rings. The van der Waals surface area contributed by atoms with E-state index in [1.807, 2.05) is 0 Å². The lowest BCUT2D eigenvalue weighted by atomic mass is 9.98. The van der Waals surface area contributed by atoms with Crippen LogP contribution in [0.1, 0.15) is 31.9 Å². The van der Waals surface area contributed by atoms with Crippen LogP contribution in [0.5, 0.6) is 0 Å². The van der Waals surface area contributed by atoms with E-state index in [1.165, 1.54) is 17.0 Å². The van der Waals surface area contributed by atoms with Crippen LogP contribution in [-0.4, -0.2) is 41.9 Å². The minimum absolute atomic E-state index is 0.176. The Morgan fingerprint density at radius 1 is 1.28 bits per heavy atom. The van der Waals surface area contributed by atoms with E-state index in [-0.39, 0.29) is 28.7 Å². The minimum Gasteiger partial charge on any atom is -0.465 e. The Bertz CT molecular complexity index is 1040. The van der Waals surface area contributed by atoms with Crippen LogP contribution < -0.4 is 9.80 Å². The summed E-state index contributed by atoms with van der Waals surface area (Å²) in [5.41, 5.74) is 0.329. The van der Waals surface area contributed by atoms with Crippen molar-refractivity contribution in [1.82, 2.24) is 0 Å². The first-order valence-electron chi connectivity index (χ1n) is 9.05. The number of halogens is 2. The molecule has 0 unspecified atom stereocenters. The van der Waals surface area contributed by atoms with Gasteiger partial charge in [-0.3, -0.25) is 14.7 Å². The van der Waals surface area contributed by atoms with Gasteiger partial charge in [-0.2, -0.15) is 0 Å². The van der Waals surface area contributed by atoms with Gasteiger partial charge in [-0.1, -0.05) is 23.7 Å². The number of anilines is 2. The molecule has 0 bridgehead atoms. The molecule has 1 aliphatic heterocycles. The highest BCUT2D eigenvalue weighted by atomic mass is 35.5. The Kier molecular flexibility index (Phi) is 5.36. The second-order valence-electron chi connectivity index (χ2n) is 7.21. The van der Waals surface area contributed by atoms with E-state index >= 15 is 0 Å². The van der Waals surface area contributed by atoms with Gasteiger partial charge < -0.3 is 10.0 Å². The highest BCUT2D eigenvalue weighted by Crippen LogP contribution is 2.39. The van der Waals surface area contributed by atoms with Gasteiger partial charge in [-0.15, -0.1) is 0 Å². The zero-order valence-electron chi connectivity index (χ0n) is 16.5. The molecular formula is C21H21ClFN3O3. The number of aliphatic imine (C=N–C) groups is 1. The highest BCUT2D eigenvalue weighted by molar-refractivity contribution is 6.36. The predicted molar refractivity (Wildman–Crippen MR) is 112 cm³/mol. The van der Waals surface area contributed by atoms with Crippen LogP contribution in [0.3, 0.4) is 0 Å². The molecule has 3 rings (SSSR count). The van der Waals surface area contributed by atoms with Crippen LogP contribution in [0, 0.1) is 5.82 Å². The summed E-state index contributed by atoms with van der Waals surface area (Å²) in [6.07, 6.45) is -1.15. The first-order valence-corrected chi connectivity index (χ1v) is 9.43. The van der Waals surface area contributed by atoms with Gasteiger partial charge in [0.2, 0.25) is 0 Å². The zero-order chi connectivity index (χ0) is 21.5. The maximum absolute atomic E-state index is 14.7. The number of benzodiazepines with no additional fused rings is 1. The monoisotopic (exact) mass is 417 g/mol. The first kappa shape index (κ1) is 20.8. The molecule has 0 radical (unpaired) electrons. The van der Waals surface area contributed by atoms with Crippen molar-refractivity contribution in [2.24, 2.45) is 4.99 Å². The third-order valence-corrected chi connectivity index (χ3v) is 5.13. The molecular weight excluding hydrogens is 397 g/mol. The molecule has 0 saturated heterocycles. The van der Waals surface area contributed by atoms with Crippen molar-refractivity contribution in [1.29, 1.82) is 0 Å². The largest absolute Gasteiger partial charge is 0.465 e. The number of likely N-dealkylation sites (N-methyl/N-ethyl adjacent to an activating group) is 1. The molecule has 2 aromatic carbocycles. The second kappa shape index (κ2) is 7.48. The average Bonchev–Trinajstić information content (AvgIpc) is 2.72. The average molecular weight is 418 g/mol. The van der Waals surface area contributed by atoms with E-state index in [4.69, 9.17) is 11.6 Å². The summed E-state index contributed by atoms with van der Waals surface area (Å²) in [6, 6.07) is 9.17. The second-order valence-corrected chi connectivity index (χ2v) is 7.62. The van der Waals surface area contributed by atoms with E-state index in [9.17, 15) is 19.1 Å². The molecule has 0 spiro atoms. The van der Waals surface area contributed by atoms with Crippen molar-refractivity contribution >= 4 is 40.7 Å². The molecule has 1 N–H and O–H groups in total. The number of nitrogens with zero attached hydrogens (tertiary/aromatic N) is 3. The molecule has 0 fully saturated rings. The Balaban J connectivity index is 2.39. The molecule has 0 aliphatic carbocycles. The molecule has 0 atom stereocenters.